The molecule has 0 aliphatic carbocycles. The minimum absolute atomic E-state index is 1.01. The predicted octanol–water partition coefficient (Wildman–Crippen LogP) is 3.54. The SMILES string of the molecule is CC.Cc1ccnc(-c2cncs2)c1. The highest BCUT2D eigenvalue weighted by Crippen LogP contribution is 2.20. The molecule has 0 aliphatic rings. The molecule has 0 radical (unpaired) electrons. The van der Waals surface area contributed by atoms with Crippen molar-refractivity contribution in [1.82, 2.24) is 9.97 Å². The van der Waals surface area contributed by atoms with Gasteiger partial charge in [0.15, 0.2) is 0 Å². The van der Waals surface area contributed by atoms with Crippen LogP contribution in [0.3, 0.4) is 0 Å². The van der Waals surface area contributed by atoms with Crippen molar-refractivity contribution < 1.29 is 0 Å². The fourth-order valence-electron chi connectivity index (χ4n) is 1.01. The van der Waals surface area contributed by atoms with E-state index < -0.39 is 0 Å². The van der Waals surface area contributed by atoms with Crippen molar-refractivity contribution >= 4 is 11.3 Å². The molecule has 3 heteroatoms. The zero-order chi connectivity index (χ0) is 10.4. The van der Waals surface area contributed by atoms with Crippen LogP contribution < -0.4 is 0 Å². The lowest BCUT2D eigenvalue weighted by Gasteiger charge is -1.95. The van der Waals surface area contributed by atoms with Crippen molar-refractivity contribution in [3.63, 3.8) is 0 Å². The average Bonchev–Trinajstić information content (AvgIpc) is 2.74. The predicted molar refractivity (Wildman–Crippen MR) is 61.4 cm³/mol. The van der Waals surface area contributed by atoms with Gasteiger partial charge in [0.2, 0.25) is 0 Å². The molecule has 74 valence electrons. The van der Waals surface area contributed by atoms with Crippen molar-refractivity contribution in [1.29, 1.82) is 0 Å². The molecule has 14 heavy (non-hydrogen) atoms. The van der Waals surface area contributed by atoms with E-state index in [0.717, 1.165) is 10.6 Å². The number of hydrogen-bond donors (Lipinski definition) is 0. The Morgan fingerprint density at radius 2 is 2.07 bits per heavy atom. The van der Waals surface area contributed by atoms with Gasteiger partial charge in [0.05, 0.1) is 16.1 Å². The molecule has 0 saturated carbocycles. The molecule has 0 N–H and O–H groups in total. The van der Waals surface area contributed by atoms with Crippen LogP contribution in [-0.4, -0.2) is 9.97 Å². The van der Waals surface area contributed by atoms with Crippen molar-refractivity contribution in [3.05, 3.63) is 35.6 Å². The van der Waals surface area contributed by atoms with Crippen molar-refractivity contribution in [2.45, 2.75) is 20.8 Å². The summed E-state index contributed by atoms with van der Waals surface area (Å²) in [6, 6.07) is 4.05. The third kappa shape index (κ3) is 2.64. The molecule has 0 amide bonds. The quantitative estimate of drug-likeness (QED) is 0.713. The largest absolute Gasteiger partial charge is 0.255 e. The number of rotatable bonds is 1. The fourth-order valence-corrected chi connectivity index (χ4v) is 1.60. The van der Waals surface area contributed by atoms with Crippen molar-refractivity contribution in [2.75, 3.05) is 0 Å². The second-order valence-electron chi connectivity index (χ2n) is 2.58. The minimum Gasteiger partial charge on any atom is -0.255 e. The first-order chi connectivity index (χ1) is 6.86. The minimum atomic E-state index is 1.01. The summed E-state index contributed by atoms with van der Waals surface area (Å²) in [5.41, 5.74) is 4.06. The highest BCUT2D eigenvalue weighted by molar-refractivity contribution is 7.13. The van der Waals surface area contributed by atoms with Crippen LogP contribution >= 0.6 is 11.3 Å². The maximum Gasteiger partial charge on any atom is 0.0820 e. The zero-order valence-corrected chi connectivity index (χ0v) is 9.51. The lowest BCUT2D eigenvalue weighted by atomic mass is 10.2. The van der Waals surface area contributed by atoms with Crippen LogP contribution in [-0.2, 0) is 0 Å². The first-order valence-corrected chi connectivity index (χ1v) is 5.56. The topological polar surface area (TPSA) is 25.8 Å². The van der Waals surface area contributed by atoms with Gasteiger partial charge >= 0.3 is 0 Å². The third-order valence-corrected chi connectivity index (χ3v) is 2.40. The van der Waals surface area contributed by atoms with Crippen LogP contribution in [0.5, 0.6) is 0 Å². The summed E-state index contributed by atoms with van der Waals surface area (Å²) in [4.78, 5) is 9.38. The maximum atomic E-state index is 4.25. The molecular weight excluding hydrogens is 192 g/mol. The van der Waals surface area contributed by atoms with Gasteiger partial charge in [-0.3, -0.25) is 9.97 Å². The number of thiazole rings is 1. The molecule has 2 aromatic rings. The molecule has 0 atom stereocenters. The summed E-state index contributed by atoms with van der Waals surface area (Å²) in [6.45, 7) is 6.06. The van der Waals surface area contributed by atoms with Crippen LogP contribution in [0.2, 0.25) is 0 Å². The highest BCUT2D eigenvalue weighted by atomic mass is 32.1. The van der Waals surface area contributed by atoms with Crippen LogP contribution in [0.1, 0.15) is 19.4 Å². The molecule has 0 unspecified atom stereocenters. The molecule has 2 heterocycles. The van der Waals surface area contributed by atoms with Gasteiger partial charge < -0.3 is 0 Å². The van der Waals surface area contributed by atoms with E-state index >= 15 is 0 Å². The second kappa shape index (κ2) is 5.50. The van der Waals surface area contributed by atoms with E-state index in [1.807, 2.05) is 37.8 Å². The lowest BCUT2D eigenvalue weighted by Crippen LogP contribution is -1.80. The number of aromatic nitrogens is 2. The van der Waals surface area contributed by atoms with Gasteiger partial charge in [-0.2, -0.15) is 0 Å². The zero-order valence-electron chi connectivity index (χ0n) is 8.69. The third-order valence-electron chi connectivity index (χ3n) is 1.60. The molecule has 0 fully saturated rings. The van der Waals surface area contributed by atoms with Crippen LogP contribution in [0.25, 0.3) is 10.6 Å². The van der Waals surface area contributed by atoms with Gasteiger partial charge in [-0.05, 0) is 24.6 Å². The Kier molecular flexibility index (Phi) is 4.26. The molecule has 0 spiro atoms. The first-order valence-electron chi connectivity index (χ1n) is 4.68. The van der Waals surface area contributed by atoms with E-state index in [9.17, 15) is 0 Å². The molecule has 0 bridgehead atoms. The van der Waals surface area contributed by atoms with Crippen LogP contribution in [0, 0.1) is 6.92 Å². The monoisotopic (exact) mass is 206 g/mol. The number of pyridine rings is 1. The van der Waals surface area contributed by atoms with Gasteiger partial charge in [0.1, 0.15) is 0 Å². The molecule has 2 aromatic heterocycles. The summed E-state index contributed by atoms with van der Waals surface area (Å²) in [6.07, 6.45) is 3.66. The van der Waals surface area contributed by atoms with Crippen LogP contribution in [0.4, 0.5) is 0 Å². The van der Waals surface area contributed by atoms with Crippen molar-refractivity contribution in [3.8, 4) is 10.6 Å². The molecule has 2 rings (SSSR count). The highest BCUT2D eigenvalue weighted by Gasteiger charge is 1.99. The molecule has 2 nitrogen and oxygen atoms in total. The first kappa shape index (κ1) is 10.9. The lowest BCUT2D eigenvalue weighted by molar-refractivity contribution is 1.29. The van der Waals surface area contributed by atoms with Gasteiger partial charge in [0, 0.05) is 12.4 Å². The molecule has 0 aliphatic heterocycles. The smallest absolute Gasteiger partial charge is 0.0820 e. The van der Waals surface area contributed by atoms with E-state index in [-0.39, 0.29) is 0 Å². The Bertz CT molecular complexity index is 369. The Balaban J connectivity index is 0.000000461. The second-order valence-corrected chi connectivity index (χ2v) is 3.47. The summed E-state index contributed by atoms with van der Waals surface area (Å²) >= 11 is 1.61. The standard InChI is InChI=1S/C9H8N2S.C2H6/c1-7-2-3-11-8(4-7)9-5-10-6-12-9;1-2/h2-6H,1H3;1-2H3. The Morgan fingerprint density at radius 3 is 2.64 bits per heavy atom. The van der Waals surface area contributed by atoms with Gasteiger partial charge in [0.25, 0.3) is 0 Å². The van der Waals surface area contributed by atoms with Gasteiger partial charge in [-0.1, -0.05) is 13.8 Å². The molecule has 0 aromatic carbocycles. The van der Waals surface area contributed by atoms with E-state index in [1.165, 1.54) is 5.56 Å². The summed E-state index contributed by atoms with van der Waals surface area (Å²) in [5.74, 6) is 0. The summed E-state index contributed by atoms with van der Waals surface area (Å²) in [7, 11) is 0. The van der Waals surface area contributed by atoms with Crippen molar-refractivity contribution in [2.24, 2.45) is 0 Å². The fraction of sp³-hybridized carbons (Fsp3) is 0.273. The summed E-state index contributed by atoms with van der Waals surface area (Å²) < 4.78 is 0. The van der Waals surface area contributed by atoms with Crippen LogP contribution in [0.15, 0.2) is 30.0 Å². The van der Waals surface area contributed by atoms with E-state index in [1.54, 1.807) is 11.3 Å². The Hall–Kier alpha value is -1.22. The normalized spacial score (nSPS) is 9.07. The van der Waals surface area contributed by atoms with E-state index in [2.05, 4.69) is 23.0 Å². The van der Waals surface area contributed by atoms with Gasteiger partial charge in [-0.15, -0.1) is 11.3 Å². The average molecular weight is 206 g/mol. The number of nitrogens with zero attached hydrogens (tertiary/aromatic N) is 2. The molecular formula is C11H14N2S. The van der Waals surface area contributed by atoms with Gasteiger partial charge in [-0.25, -0.2) is 0 Å². The van der Waals surface area contributed by atoms with E-state index in [4.69, 9.17) is 0 Å². The summed E-state index contributed by atoms with van der Waals surface area (Å²) in [5, 5.41) is 0. The Labute approximate surface area is 88.7 Å². The number of aryl methyl sites for hydroxylation is 1. The van der Waals surface area contributed by atoms with E-state index in [0.29, 0.717) is 0 Å². The maximum absolute atomic E-state index is 4.25. The Morgan fingerprint density at radius 1 is 1.29 bits per heavy atom. The molecule has 0 saturated heterocycles. The number of hydrogen-bond acceptors (Lipinski definition) is 3.